The van der Waals surface area contributed by atoms with Crippen molar-refractivity contribution in [1.82, 2.24) is 10.2 Å². The van der Waals surface area contributed by atoms with E-state index in [9.17, 15) is 9.59 Å². The van der Waals surface area contributed by atoms with E-state index in [0.717, 1.165) is 44.9 Å². The van der Waals surface area contributed by atoms with E-state index in [1.807, 2.05) is 4.90 Å². The van der Waals surface area contributed by atoms with Crippen LogP contribution in [-0.2, 0) is 4.79 Å². The Hall–Kier alpha value is -1.26. The van der Waals surface area contributed by atoms with E-state index in [2.05, 4.69) is 19.2 Å². The number of hydrogen-bond donors (Lipinski definition) is 2. The number of nitrogens with one attached hydrogen (secondary N) is 1. The van der Waals surface area contributed by atoms with Crippen molar-refractivity contribution in [2.75, 3.05) is 0 Å². The van der Waals surface area contributed by atoms with Crippen LogP contribution in [0.15, 0.2) is 0 Å². The SMILES string of the molecule is CCCCC(C)NC(=O)N1C2CCC1CC(CC(=O)O)C2. The van der Waals surface area contributed by atoms with Gasteiger partial charge in [0, 0.05) is 24.5 Å². The van der Waals surface area contributed by atoms with Crippen LogP contribution in [0.5, 0.6) is 0 Å². The maximum Gasteiger partial charge on any atom is 0.318 e. The van der Waals surface area contributed by atoms with Crippen LogP contribution in [0.2, 0.25) is 0 Å². The Morgan fingerprint density at radius 1 is 1.29 bits per heavy atom. The van der Waals surface area contributed by atoms with Crippen molar-refractivity contribution >= 4 is 12.0 Å². The monoisotopic (exact) mass is 296 g/mol. The molecule has 0 aromatic rings. The van der Waals surface area contributed by atoms with Crippen LogP contribution in [0, 0.1) is 5.92 Å². The zero-order valence-electron chi connectivity index (χ0n) is 13.2. The molecule has 2 N–H and O–H groups in total. The van der Waals surface area contributed by atoms with Crippen LogP contribution in [0.1, 0.15) is 65.2 Å². The zero-order valence-corrected chi connectivity index (χ0v) is 13.2. The number of piperidine rings is 1. The van der Waals surface area contributed by atoms with Gasteiger partial charge in [-0.15, -0.1) is 0 Å². The Balaban J connectivity index is 1.87. The number of amides is 2. The summed E-state index contributed by atoms with van der Waals surface area (Å²) in [6, 6.07) is 0.756. The van der Waals surface area contributed by atoms with Crippen molar-refractivity contribution in [3.63, 3.8) is 0 Å². The van der Waals surface area contributed by atoms with E-state index in [1.54, 1.807) is 0 Å². The van der Waals surface area contributed by atoms with E-state index in [-0.39, 0.29) is 36.5 Å². The molecule has 0 aliphatic carbocycles. The predicted molar refractivity (Wildman–Crippen MR) is 81.1 cm³/mol. The van der Waals surface area contributed by atoms with Gasteiger partial charge in [-0.25, -0.2) is 4.79 Å². The first-order valence-corrected chi connectivity index (χ1v) is 8.31. The maximum atomic E-state index is 12.5. The van der Waals surface area contributed by atoms with Gasteiger partial charge in [-0.1, -0.05) is 19.8 Å². The molecule has 2 bridgehead atoms. The molecule has 21 heavy (non-hydrogen) atoms. The molecule has 3 unspecified atom stereocenters. The van der Waals surface area contributed by atoms with Crippen LogP contribution < -0.4 is 5.32 Å². The van der Waals surface area contributed by atoms with E-state index < -0.39 is 5.97 Å². The molecule has 2 rings (SSSR count). The summed E-state index contributed by atoms with van der Waals surface area (Å²) in [5.41, 5.74) is 0. The molecule has 5 heteroatoms. The Morgan fingerprint density at radius 2 is 1.90 bits per heavy atom. The van der Waals surface area contributed by atoms with Gasteiger partial charge in [0.1, 0.15) is 0 Å². The summed E-state index contributed by atoms with van der Waals surface area (Å²) in [7, 11) is 0. The highest BCUT2D eigenvalue weighted by Crippen LogP contribution is 2.39. The average Bonchev–Trinajstić information content (AvgIpc) is 2.68. The number of unbranched alkanes of at least 4 members (excludes halogenated alkanes) is 1. The number of carbonyl (C=O) groups is 2. The molecule has 2 amide bonds. The second kappa shape index (κ2) is 7.14. The summed E-state index contributed by atoms with van der Waals surface area (Å²) in [5.74, 6) is -0.480. The Bertz CT molecular complexity index is 372. The molecule has 2 heterocycles. The quantitative estimate of drug-likeness (QED) is 0.791. The highest BCUT2D eigenvalue weighted by atomic mass is 16.4. The lowest BCUT2D eigenvalue weighted by molar-refractivity contribution is -0.138. The minimum absolute atomic E-state index is 0.0554. The fourth-order valence-corrected chi connectivity index (χ4v) is 3.90. The highest BCUT2D eigenvalue weighted by molar-refractivity contribution is 5.76. The number of nitrogens with zero attached hydrogens (tertiary/aromatic N) is 1. The first kappa shape index (κ1) is 16.1. The summed E-state index contributed by atoms with van der Waals surface area (Å²) in [4.78, 5) is 25.3. The Morgan fingerprint density at radius 3 is 2.43 bits per heavy atom. The van der Waals surface area contributed by atoms with Gasteiger partial charge in [-0.05, 0) is 44.9 Å². The van der Waals surface area contributed by atoms with Crippen molar-refractivity contribution in [3.8, 4) is 0 Å². The smallest absolute Gasteiger partial charge is 0.318 e. The van der Waals surface area contributed by atoms with Gasteiger partial charge in [0.2, 0.25) is 0 Å². The Kier molecular flexibility index (Phi) is 5.48. The number of carboxylic acids is 1. The second-order valence-corrected chi connectivity index (χ2v) is 6.72. The third kappa shape index (κ3) is 4.11. The Labute approximate surface area is 127 Å². The number of aliphatic carboxylic acids is 1. The van der Waals surface area contributed by atoms with Gasteiger partial charge in [0.15, 0.2) is 0 Å². The van der Waals surface area contributed by atoms with Crippen LogP contribution in [-0.4, -0.2) is 40.1 Å². The highest BCUT2D eigenvalue weighted by Gasteiger charge is 2.43. The summed E-state index contributed by atoms with van der Waals surface area (Å²) < 4.78 is 0. The van der Waals surface area contributed by atoms with Gasteiger partial charge >= 0.3 is 12.0 Å². The minimum Gasteiger partial charge on any atom is -0.481 e. The van der Waals surface area contributed by atoms with E-state index >= 15 is 0 Å². The normalized spacial score (nSPS) is 29.2. The number of carbonyl (C=O) groups excluding carboxylic acids is 1. The standard InChI is InChI=1S/C16H28N2O3/c1-3-4-5-11(2)17-16(21)18-13-6-7-14(18)9-12(8-13)10-15(19)20/h11-14H,3-10H2,1-2H3,(H,17,21)(H,19,20). The largest absolute Gasteiger partial charge is 0.481 e. The molecule has 0 saturated carbocycles. The fourth-order valence-electron chi connectivity index (χ4n) is 3.90. The number of fused-ring (bicyclic) bond motifs is 2. The minimum atomic E-state index is -0.717. The molecular weight excluding hydrogens is 268 g/mol. The van der Waals surface area contributed by atoms with Crippen molar-refractivity contribution in [3.05, 3.63) is 0 Å². The molecular formula is C16H28N2O3. The van der Waals surface area contributed by atoms with Gasteiger partial charge in [-0.2, -0.15) is 0 Å². The van der Waals surface area contributed by atoms with Crippen LogP contribution in [0.4, 0.5) is 4.79 Å². The van der Waals surface area contributed by atoms with Gasteiger partial charge in [-0.3, -0.25) is 4.79 Å². The lowest BCUT2D eigenvalue weighted by Gasteiger charge is -2.39. The van der Waals surface area contributed by atoms with Crippen molar-refractivity contribution in [2.24, 2.45) is 5.92 Å². The first-order chi connectivity index (χ1) is 10.0. The fraction of sp³-hybridized carbons (Fsp3) is 0.875. The zero-order chi connectivity index (χ0) is 15.4. The summed E-state index contributed by atoms with van der Waals surface area (Å²) in [6.07, 6.45) is 7.29. The van der Waals surface area contributed by atoms with Gasteiger partial charge in [0.05, 0.1) is 0 Å². The predicted octanol–water partition coefficient (Wildman–Crippen LogP) is 2.99. The van der Waals surface area contributed by atoms with Gasteiger partial charge in [0.25, 0.3) is 0 Å². The lowest BCUT2D eigenvalue weighted by Crippen LogP contribution is -2.52. The lowest BCUT2D eigenvalue weighted by atomic mass is 9.88. The van der Waals surface area contributed by atoms with Crippen LogP contribution in [0.25, 0.3) is 0 Å². The second-order valence-electron chi connectivity index (χ2n) is 6.72. The molecule has 2 aliphatic heterocycles. The first-order valence-electron chi connectivity index (χ1n) is 8.31. The molecule has 0 radical (unpaired) electrons. The molecule has 2 fully saturated rings. The van der Waals surface area contributed by atoms with Crippen molar-refractivity contribution in [1.29, 1.82) is 0 Å². The van der Waals surface area contributed by atoms with Crippen LogP contribution >= 0.6 is 0 Å². The molecule has 3 atom stereocenters. The van der Waals surface area contributed by atoms with Gasteiger partial charge < -0.3 is 15.3 Å². The number of urea groups is 1. The van der Waals surface area contributed by atoms with Crippen LogP contribution in [0.3, 0.4) is 0 Å². The summed E-state index contributed by atoms with van der Waals surface area (Å²) in [6.45, 7) is 4.22. The number of carboxylic acid groups (broad SMARTS) is 1. The van der Waals surface area contributed by atoms with E-state index in [1.165, 1.54) is 0 Å². The average molecular weight is 296 g/mol. The molecule has 2 saturated heterocycles. The van der Waals surface area contributed by atoms with E-state index in [0.29, 0.717) is 0 Å². The third-order valence-corrected chi connectivity index (χ3v) is 4.89. The maximum absolute atomic E-state index is 12.5. The number of hydrogen-bond acceptors (Lipinski definition) is 2. The molecule has 5 nitrogen and oxygen atoms in total. The molecule has 2 aliphatic rings. The summed E-state index contributed by atoms with van der Waals surface area (Å²) in [5, 5.41) is 12.1. The molecule has 0 spiro atoms. The van der Waals surface area contributed by atoms with Crippen molar-refractivity contribution in [2.45, 2.75) is 83.3 Å². The van der Waals surface area contributed by atoms with E-state index in [4.69, 9.17) is 5.11 Å². The molecule has 0 aromatic carbocycles. The topological polar surface area (TPSA) is 69.6 Å². The van der Waals surface area contributed by atoms with Crippen molar-refractivity contribution < 1.29 is 14.7 Å². The summed E-state index contributed by atoms with van der Waals surface area (Å²) >= 11 is 0. The molecule has 0 aromatic heterocycles. The molecule has 120 valence electrons. The third-order valence-electron chi connectivity index (χ3n) is 4.89. The number of rotatable bonds is 6.